The molecule has 1 heterocycles. The topological polar surface area (TPSA) is 79.2 Å². The fourth-order valence-corrected chi connectivity index (χ4v) is 3.28. The highest BCUT2D eigenvalue weighted by molar-refractivity contribution is 6.06. The van der Waals surface area contributed by atoms with Crippen molar-refractivity contribution >= 4 is 17.6 Å². The number of nitrogens with zero attached hydrogens (tertiary/aromatic N) is 1. The lowest BCUT2D eigenvalue weighted by atomic mass is 9.76. The number of benzene rings is 2. The van der Waals surface area contributed by atoms with E-state index in [1.165, 1.54) is 0 Å². The van der Waals surface area contributed by atoms with Crippen LogP contribution in [0.1, 0.15) is 29.5 Å². The molecule has 136 valence electrons. The first-order valence-electron chi connectivity index (χ1n) is 8.80. The molecule has 2 atom stereocenters. The van der Waals surface area contributed by atoms with Crippen LogP contribution in [0.5, 0.6) is 0 Å². The van der Waals surface area contributed by atoms with Crippen LogP contribution in [0.15, 0.2) is 60.2 Å². The lowest BCUT2D eigenvalue weighted by Gasteiger charge is -2.31. The van der Waals surface area contributed by atoms with Crippen molar-refractivity contribution in [3.8, 4) is 6.07 Å². The van der Waals surface area contributed by atoms with Gasteiger partial charge < -0.3 is 10.1 Å². The largest absolute Gasteiger partial charge is 0.463 e. The van der Waals surface area contributed by atoms with Crippen molar-refractivity contribution in [3.63, 3.8) is 0 Å². The highest BCUT2D eigenvalue weighted by Gasteiger charge is 2.42. The summed E-state index contributed by atoms with van der Waals surface area (Å²) in [4.78, 5) is 25.5. The molecule has 2 aromatic rings. The molecule has 3 rings (SSSR count). The number of esters is 1. The highest BCUT2D eigenvalue weighted by Crippen LogP contribution is 2.40. The van der Waals surface area contributed by atoms with Crippen LogP contribution >= 0.6 is 0 Å². The van der Waals surface area contributed by atoms with Gasteiger partial charge in [-0.1, -0.05) is 60.2 Å². The minimum absolute atomic E-state index is 0.205. The van der Waals surface area contributed by atoms with Crippen molar-refractivity contribution in [1.82, 2.24) is 5.32 Å². The molecule has 0 radical (unpaired) electrons. The van der Waals surface area contributed by atoms with E-state index in [0.29, 0.717) is 16.8 Å². The minimum Gasteiger partial charge on any atom is -0.463 e. The Balaban J connectivity index is 2.26. The van der Waals surface area contributed by atoms with E-state index in [1.807, 2.05) is 61.5 Å². The van der Waals surface area contributed by atoms with E-state index >= 15 is 0 Å². The molecule has 0 spiro atoms. The number of nitrogens with one attached hydrogen (secondary N) is 1. The molecule has 2 unspecified atom stereocenters. The molecule has 0 fully saturated rings. The maximum absolute atomic E-state index is 12.9. The molecule has 0 bridgehead atoms. The molecule has 1 aliphatic heterocycles. The van der Waals surface area contributed by atoms with Crippen molar-refractivity contribution in [2.24, 2.45) is 5.92 Å². The van der Waals surface area contributed by atoms with Gasteiger partial charge in [-0.3, -0.25) is 4.79 Å². The molecule has 0 aromatic heterocycles. The predicted octanol–water partition coefficient (Wildman–Crippen LogP) is 3.32. The van der Waals surface area contributed by atoms with Crippen molar-refractivity contribution in [2.75, 3.05) is 6.61 Å². The van der Waals surface area contributed by atoms with Gasteiger partial charge in [-0.25, -0.2) is 4.79 Å². The van der Waals surface area contributed by atoms with Crippen LogP contribution in [0, 0.1) is 24.2 Å². The molecule has 5 nitrogen and oxygen atoms in total. The SMILES string of the molecule is CCOC(=O)C1=C(c2ccccc2)NC(=O)C(C#N)C1c1ccc(C)cc1. The number of carbonyl (C=O) groups is 2. The Bertz CT molecular complexity index is 924. The van der Waals surface area contributed by atoms with Crippen molar-refractivity contribution in [2.45, 2.75) is 19.8 Å². The summed E-state index contributed by atoms with van der Waals surface area (Å²) in [5, 5.41) is 12.4. The first-order chi connectivity index (χ1) is 13.1. The van der Waals surface area contributed by atoms with E-state index in [2.05, 4.69) is 11.4 Å². The van der Waals surface area contributed by atoms with Gasteiger partial charge in [0.1, 0.15) is 5.92 Å². The average molecular weight is 360 g/mol. The van der Waals surface area contributed by atoms with Crippen molar-refractivity contribution in [1.29, 1.82) is 5.26 Å². The third-order valence-electron chi connectivity index (χ3n) is 4.58. The summed E-state index contributed by atoms with van der Waals surface area (Å²) >= 11 is 0. The van der Waals surface area contributed by atoms with E-state index in [4.69, 9.17) is 4.74 Å². The van der Waals surface area contributed by atoms with Gasteiger partial charge in [0, 0.05) is 5.92 Å². The molecule has 0 aliphatic carbocycles. The fourth-order valence-electron chi connectivity index (χ4n) is 3.28. The van der Waals surface area contributed by atoms with Gasteiger partial charge >= 0.3 is 5.97 Å². The Labute approximate surface area is 158 Å². The van der Waals surface area contributed by atoms with Gasteiger partial charge in [-0.2, -0.15) is 5.26 Å². The van der Waals surface area contributed by atoms with Crippen LogP contribution in [0.2, 0.25) is 0 Å². The fraction of sp³-hybridized carbons (Fsp3) is 0.227. The second kappa shape index (κ2) is 7.88. The third-order valence-corrected chi connectivity index (χ3v) is 4.58. The van der Waals surface area contributed by atoms with E-state index in [0.717, 1.165) is 11.1 Å². The summed E-state index contributed by atoms with van der Waals surface area (Å²) in [5.74, 6) is -2.66. The quantitative estimate of drug-likeness (QED) is 0.848. The molecule has 1 amide bonds. The number of rotatable bonds is 4. The molecule has 1 aliphatic rings. The van der Waals surface area contributed by atoms with Gasteiger partial charge in [0.15, 0.2) is 0 Å². The Kier molecular flexibility index (Phi) is 5.37. The number of ether oxygens (including phenoxy) is 1. The number of hydrogen-bond donors (Lipinski definition) is 1. The normalized spacial score (nSPS) is 19.2. The smallest absolute Gasteiger partial charge is 0.336 e. The molecule has 0 saturated heterocycles. The Morgan fingerprint density at radius 1 is 1.15 bits per heavy atom. The molecule has 0 saturated carbocycles. The van der Waals surface area contributed by atoms with E-state index in [-0.39, 0.29) is 6.61 Å². The molecular weight excluding hydrogens is 340 g/mol. The number of nitriles is 1. The maximum atomic E-state index is 12.9. The molecular formula is C22H20N2O3. The van der Waals surface area contributed by atoms with Crippen LogP contribution in [-0.2, 0) is 14.3 Å². The second-order valence-electron chi connectivity index (χ2n) is 6.36. The lowest BCUT2D eigenvalue weighted by molar-refractivity contribution is -0.139. The number of amides is 1. The van der Waals surface area contributed by atoms with Crippen LogP contribution in [0.4, 0.5) is 0 Å². The van der Waals surface area contributed by atoms with Gasteiger partial charge in [0.2, 0.25) is 5.91 Å². The number of hydrogen-bond acceptors (Lipinski definition) is 4. The predicted molar refractivity (Wildman–Crippen MR) is 101 cm³/mol. The van der Waals surface area contributed by atoms with Gasteiger partial charge in [-0.05, 0) is 25.0 Å². The van der Waals surface area contributed by atoms with E-state index in [1.54, 1.807) is 6.92 Å². The zero-order valence-corrected chi connectivity index (χ0v) is 15.2. The number of carbonyl (C=O) groups excluding carboxylic acids is 2. The van der Waals surface area contributed by atoms with Crippen molar-refractivity contribution in [3.05, 3.63) is 76.9 Å². The van der Waals surface area contributed by atoms with Gasteiger partial charge in [-0.15, -0.1) is 0 Å². The minimum atomic E-state index is -1.01. The molecule has 5 heteroatoms. The Morgan fingerprint density at radius 3 is 2.41 bits per heavy atom. The highest BCUT2D eigenvalue weighted by atomic mass is 16.5. The third kappa shape index (κ3) is 3.61. The zero-order chi connectivity index (χ0) is 19.4. The van der Waals surface area contributed by atoms with E-state index < -0.39 is 23.7 Å². The summed E-state index contributed by atoms with van der Waals surface area (Å²) in [7, 11) is 0. The van der Waals surface area contributed by atoms with Crippen LogP contribution < -0.4 is 5.32 Å². The first kappa shape index (κ1) is 18.4. The summed E-state index contributed by atoms with van der Waals surface area (Å²) < 4.78 is 5.28. The van der Waals surface area contributed by atoms with Crippen LogP contribution in [-0.4, -0.2) is 18.5 Å². The van der Waals surface area contributed by atoms with Gasteiger partial charge in [0.05, 0.1) is 23.9 Å². The monoisotopic (exact) mass is 360 g/mol. The maximum Gasteiger partial charge on any atom is 0.336 e. The molecule has 27 heavy (non-hydrogen) atoms. The molecule has 2 aromatic carbocycles. The van der Waals surface area contributed by atoms with Crippen LogP contribution in [0.3, 0.4) is 0 Å². The number of aryl methyl sites for hydroxylation is 1. The summed E-state index contributed by atoms with van der Waals surface area (Å²) in [6, 6.07) is 18.7. The molecule has 1 N–H and O–H groups in total. The standard InChI is InChI=1S/C22H20N2O3/c1-3-27-22(26)19-18(15-11-9-14(2)10-12-15)17(13-23)21(25)24-20(19)16-7-5-4-6-8-16/h4-12,17-18H,3H2,1-2H3,(H,24,25). The van der Waals surface area contributed by atoms with Crippen LogP contribution in [0.25, 0.3) is 5.70 Å². The van der Waals surface area contributed by atoms with Gasteiger partial charge in [0.25, 0.3) is 0 Å². The Hall–Kier alpha value is -3.39. The zero-order valence-electron chi connectivity index (χ0n) is 15.2. The Morgan fingerprint density at radius 2 is 1.81 bits per heavy atom. The summed E-state index contributed by atoms with van der Waals surface area (Å²) in [5.41, 5.74) is 3.19. The summed E-state index contributed by atoms with van der Waals surface area (Å²) in [6.45, 7) is 3.89. The summed E-state index contributed by atoms with van der Waals surface area (Å²) in [6.07, 6.45) is 0. The average Bonchev–Trinajstić information content (AvgIpc) is 2.68. The second-order valence-corrected chi connectivity index (χ2v) is 6.36. The van der Waals surface area contributed by atoms with E-state index in [9.17, 15) is 14.9 Å². The first-order valence-corrected chi connectivity index (χ1v) is 8.80. The van der Waals surface area contributed by atoms with Crippen molar-refractivity contribution < 1.29 is 14.3 Å². The lowest BCUT2D eigenvalue weighted by Crippen LogP contribution is -2.41.